The molecule has 1 aliphatic rings. The number of aromatic amines is 1. The Morgan fingerprint density at radius 3 is 2.85 bits per heavy atom. The lowest BCUT2D eigenvalue weighted by atomic mass is 9.97. The van der Waals surface area contributed by atoms with Gasteiger partial charge in [-0.3, -0.25) is 5.10 Å². The Bertz CT molecular complexity index is 574. The number of hydrogen-bond donors (Lipinski definition) is 2. The third kappa shape index (κ3) is 2.65. The molecule has 0 unspecified atom stereocenters. The number of nitrogens with one attached hydrogen (secondary N) is 1. The number of hydrogen-bond acceptors (Lipinski definition) is 4. The van der Waals surface area contributed by atoms with E-state index in [1.54, 1.807) is 6.07 Å². The van der Waals surface area contributed by atoms with Gasteiger partial charge in [0, 0.05) is 18.7 Å². The van der Waals surface area contributed by atoms with Gasteiger partial charge in [-0.15, -0.1) is 5.10 Å². The molecule has 0 atom stereocenters. The zero-order valence-corrected chi connectivity index (χ0v) is 11.2. The van der Waals surface area contributed by atoms with E-state index in [0.717, 1.165) is 32.5 Å². The molecule has 1 fully saturated rings. The van der Waals surface area contributed by atoms with Gasteiger partial charge in [-0.25, -0.2) is 4.39 Å². The molecule has 3 N–H and O–H groups in total. The quantitative estimate of drug-likeness (QED) is 0.896. The highest BCUT2D eigenvalue weighted by Crippen LogP contribution is 2.22. The Labute approximate surface area is 117 Å². The average Bonchev–Trinajstić information content (AvgIpc) is 2.97. The Balaban J connectivity index is 1.74. The Hall–Kier alpha value is -1.95. The molecule has 0 radical (unpaired) electrons. The van der Waals surface area contributed by atoms with Crippen molar-refractivity contribution >= 4 is 5.95 Å². The Kier molecular flexibility index (Phi) is 3.64. The fourth-order valence-electron chi connectivity index (χ4n) is 2.53. The number of piperidine rings is 1. The maximum Gasteiger partial charge on any atom is 0.245 e. The van der Waals surface area contributed by atoms with Crippen LogP contribution in [0.1, 0.15) is 12.8 Å². The number of nitrogens with two attached hydrogens (primary N) is 1. The summed E-state index contributed by atoms with van der Waals surface area (Å²) in [6.45, 7) is 2.58. The number of aromatic nitrogens is 3. The monoisotopic (exact) mass is 275 g/mol. The van der Waals surface area contributed by atoms with Crippen molar-refractivity contribution < 1.29 is 4.39 Å². The van der Waals surface area contributed by atoms with Crippen LogP contribution in [0.5, 0.6) is 0 Å². The molecule has 1 aromatic carbocycles. The van der Waals surface area contributed by atoms with E-state index in [1.807, 2.05) is 6.07 Å². The maximum absolute atomic E-state index is 13.2. The van der Waals surface area contributed by atoms with Crippen molar-refractivity contribution in [2.24, 2.45) is 11.7 Å². The second-order valence-electron chi connectivity index (χ2n) is 5.16. The summed E-state index contributed by atoms with van der Waals surface area (Å²) >= 11 is 0. The molecule has 106 valence electrons. The fraction of sp³-hybridized carbons (Fsp3) is 0.429. The van der Waals surface area contributed by atoms with Crippen LogP contribution in [-0.2, 0) is 0 Å². The topological polar surface area (TPSA) is 70.8 Å². The predicted molar refractivity (Wildman–Crippen MR) is 75.8 cm³/mol. The number of anilines is 1. The first-order valence-electron chi connectivity index (χ1n) is 6.89. The van der Waals surface area contributed by atoms with Crippen LogP contribution in [0.15, 0.2) is 24.3 Å². The van der Waals surface area contributed by atoms with Gasteiger partial charge in [0.2, 0.25) is 5.95 Å². The molecule has 2 heterocycles. The highest BCUT2D eigenvalue weighted by molar-refractivity contribution is 5.56. The van der Waals surface area contributed by atoms with E-state index in [-0.39, 0.29) is 5.82 Å². The van der Waals surface area contributed by atoms with E-state index in [0.29, 0.717) is 23.3 Å². The Morgan fingerprint density at radius 2 is 2.15 bits per heavy atom. The van der Waals surface area contributed by atoms with Crippen LogP contribution in [0, 0.1) is 11.7 Å². The van der Waals surface area contributed by atoms with Crippen molar-refractivity contribution in [2.45, 2.75) is 12.8 Å². The van der Waals surface area contributed by atoms with E-state index in [4.69, 9.17) is 5.73 Å². The third-order valence-corrected chi connectivity index (χ3v) is 3.80. The average molecular weight is 275 g/mol. The summed E-state index contributed by atoms with van der Waals surface area (Å²) in [4.78, 5) is 6.60. The van der Waals surface area contributed by atoms with Crippen molar-refractivity contribution in [3.63, 3.8) is 0 Å². The first-order chi connectivity index (χ1) is 9.76. The van der Waals surface area contributed by atoms with Crippen LogP contribution in [-0.4, -0.2) is 34.8 Å². The highest BCUT2D eigenvalue weighted by atomic mass is 19.1. The van der Waals surface area contributed by atoms with Crippen molar-refractivity contribution in [3.05, 3.63) is 30.1 Å². The summed E-state index contributed by atoms with van der Waals surface area (Å²) in [5, 5.41) is 7.11. The molecule has 0 aliphatic carbocycles. The summed E-state index contributed by atoms with van der Waals surface area (Å²) in [6, 6.07) is 6.34. The molecule has 0 bridgehead atoms. The van der Waals surface area contributed by atoms with Crippen LogP contribution in [0.2, 0.25) is 0 Å². The third-order valence-electron chi connectivity index (χ3n) is 3.80. The van der Waals surface area contributed by atoms with Gasteiger partial charge in [-0.1, -0.05) is 12.1 Å². The standard InChI is InChI=1S/C14H18FN5/c15-12-3-1-2-11(8-12)13-17-14(19-18-13)20-6-4-10(9-16)5-7-20/h1-3,8,10H,4-7,9,16H2,(H,17,18,19). The van der Waals surface area contributed by atoms with Crippen molar-refractivity contribution in [1.82, 2.24) is 15.2 Å². The normalized spacial score (nSPS) is 16.6. The van der Waals surface area contributed by atoms with E-state index < -0.39 is 0 Å². The maximum atomic E-state index is 13.2. The molecular weight excluding hydrogens is 257 g/mol. The molecule has 3 rings (SSSR count). The molecule has 1 aromatic heterocycles. The zero-order chi connectivity index (χ0) is 13.9. The molecule has 5 nitrogen and oxygen atoms in total. The first-order valence-corrected chi connectivity index (χ1v) is 6.89. The van der Waals surface area contributed by atoms with Crippen LogP contribution in [0.4, 0.5) is 10.3 Å². The van der Waals surface area contributed by atoms with Gasteiger partial charge in [0.05, 0.1) is 0 Å². The molecule has 0 spiro atoms. The lowest BCUT2D eigenvalue weighted by Crippen LogP contribution is -2.36. The van der Waals surface area contributed by atoms with Gasteiger partial charge in [0.1, 0.15) is 5.82 Å². The minimum absolute atomic E-state index is 0.274. The van der Waals surface area contributed by atoms with E-state index in [2.05, 4.69) is 20.1 Å². The van der Waals surface area contributed by atoms with E-state index >= 15 is 0 Å². The van der Waals surface area contributed by atoms with Gasteiger partial charge >= 0.3 is 0 Å². The number of H-pyrrole nitrogens is 1. The minimum Gasteiger partial charge on any atom is -0.340 e. The van der Waals surface area contributed by atoms with Crippen LogP contribution >= 0.6 is 0 Å². The molecule has 6 heteroatoms. The van der Waals surface area contributed by atoms with Gasteiger partial charge in [-0.2, -0.15) is 4.98 Å². The summed E-state index contributed by atoms with van der Waals surface area (Å²) in [7, 11) is 0. The molecule has 1 saturated heterocycles. The number of rotatable bonds is 3. The number of nitrogens with zero attached hydrogens (tertiary/aromatic N) is 3. The van der Waals surface area contributed by atoms with Crippen LogP contribution in [0.3, 0.4) is 0 Å². The smallest absolute Gasteiger partial charge is 0.245 e. The summed E-state index contributed by atoms with van der Waals surface area (Å²) in [5.74, 6) is 1.61. The molecule has 0 amide bonds. The van der Waals surface area contributed by atoms with Gasteiger partial charge < -0.3 is 10.6 Å². The molecular formula is C14H18FN5. The second kappa shape index (κ2) is 5.58. The van der Waals surface area contributed by atoms with E-state index in [1.165, 1.54) is 12.1 Å². The van der Waals surface area contributed by atoms with E-state index in [9.17, 15) is 4.39 Å². The molecule has 20 heavy (non-hydrogen) atoms. The van der Waals surface area contributed by atoms with Gasteiger partial charge in [0.15, 0.2) is 5.82 Å². The largest absolute Gasteiger partial charge is 0.340 e. The lowest BCUT2D eigenvalue weighted by molar-refractivity contribution is 0.411. The van der Waals surface area contributed by atoms with Crippen LogP contribution < -0.4 is 10.6 Å². The SMILES string of the molecule is NCC1CCN(c2n[nH]c(-c3cccc(F)c3)n2)CC1. The predicted octanol–water partition coefficient (Wildman–Crippen LogP) is 1.79. The summed E-state index contributed by atoms with van der Waals surface area (Å²) in [5.41, 5.74) is 6.40. The fourth-order valence-corrected chi connectivity index (χ4v) is 2.53. The molecule has 2 aromatic rings. The Morgan fingerprint density at radius 1 is 1.35 bits per heavy atom. The first kappa shape index (κ1) is 13.1. The van der Waals surface area contributed by atoms with Crippen molar-refractivity contribution in [2.75, 3.05) is 24.5 Å². The van der Waals surface area contributed by atoms with Gasteiger partial charge in [-0.05, 0) is 37.4 Å². The molecule has 0 saturated carbocycles. The molecule has 1 aliphatic heterocycles. The number of halogens is 1. The van der Waals surface area contributed by atoms with Crippen molar-refractivity contribution in [1.29, 1.82) is 0 Å². The minimum atomic E-state index is -0.274. The second-order valence-corrected chi connectivity index (χ2v) is 5.16. The van der Waals surface area contributed by atoms with Crippen molar-refractivity contribution in [3.8, 4) is 11.4 Å². The van der Waals surface area contributed by atoms with Crippen LogP contribution in [0.25, 0.3) is 11.4 Å². The summed E-state index contributed by atoms with van der Waals surface area (Å²) < 4.78 is 13.2. The zero-order valence-electron chi connectivity index (χ0n) is 11.2. The highest BCUT2D eigenvalue weighted by Gasteiger charge is 2.21. The lowest BCUT2D eigenvalue weighted by Gasteiger charge is -2.30. The number of benzene rings is 1. The van der Waals surface area contributed by atoms with Gasteiger partial charge in [0.25, 0.3) is 0 Å². The summed E-state index contributed by atoms with van der Waals surface area (Å²) in [6.07, 6.45) is 2.14.